The maximum absolute atomic E-state index is 13.1. The molecule has 1 aromatic heterocycles. The molecule has 8 heteroatoms. The van der Waals surface area contributed by atoms with Gasteiger partial charge in [-0.25, -0.2) is 14.6 Å². The van der Waals surface area contributed by atoms with Crippen molar-refractivity contribution in [2.45, 2.75) is 72.4 Å². The number of nitrogens with zero attached hydrogens (tertiary/aromatic N) is 2. The van der Waals surface area contributed by atoms with Crippen molar-refractivity contribution in [2.24, 2.45) is 0 Å². The lowest BCUT2D eigenvalue weighted by molar-refractivity contribution is 0.0428. The summed E-state index contributed by atoms with van der Waals surface area (Å²) in [5, 5.41) is 0. The van der Waals surface area contributed by atoms with Crippen molar-refractivity contribution in [3.63, 3.8) is 0 Å². The SMILES string of the molecule is CC(C)(C)OC(=O)N(C(=O)OC(C)(C)C)c1ccc(C2=CCOCC2)c(COCc2ccccc2)n1. The van der Waals surface area contributed by atoms with Gasteiger partial charge < -0.3 is 18.9 Å². The lowest BCUT2D eigenvalue weighted by Crippen LogP contribution is -2.44. The average Bonchev–Trinajstić information content (AvgIpc) is 2.78. The fourth-order valence-electron chi connectivity index (χ4n) is 3.50. The first-order valence-corrected chi connectivity index (χ1v) is 12.1. The van der Waals surface area contributed by atoms with Gasteiger partial charge in [0.1, 0.15) is 17.0 Å². The van der Waals surface area contributed by atoms with Crippen LogP contribution in [0.15, 0.2) is 48.5 Å². The molecule has 8 nitrogen and oxygen atoms in total. The van der Waals surface area contributed by atoms with Crippen molar-refractivity contribution < 1.29 is 28.5 Å². The van der Waals surface area contributed by atoms with Gasteiger partial charge in [-0.3, -0.25) is 0 Å². The molecule has 0 unspecified atom stereocenters. The van der Waals surface area contributed by atoms with Crippen LogP contribution in [0.25, 0.3) is 5.57 Å². The third-order valence-corrected chi connectivity index (χ3v) is 5.00. The first kappa shape index (κ1) is 27.4. The van der Waals surface area contributed by atoms with E-state index in [1.54, 1.807) is 47.6 Å². The number of benzene rings is 1. The number of imide groups is 1. The zero-order valence-corrected chi connectivity index (χ0v) is 22.0. The van der Waals surface area contributed by atoms with E-state index < -0.39 is 23.4 Å². The van der Waals surface area contributed by atoms with E-state index in [0.29, 0.717) is 25.5 Å². The number of amides is 2. The van der Waals surface area contributed by atoms with Gasteiger partial charge in [0.15, 0.2) is 0 Å². The maximum atomic E-state index is 13.1. The summed E-state index contributed by atoms with van der Waals surface area (Å²) in [6.07, 6.45) is 1.02. The largest absolute Gasteiger partial charge is 0.443 e. The summed E-state index contributed by atoms with van der Waals surface area (Å²) >= 11 is 0. The number of ether oxygens (including phenoxy) is 4. The van der Waals surface area contributed by atoms with Crippen molar-refractivity contribution >= 4 is 23.6 Å². The number of hydrogen-bond acceptors (Lipinski definition) is 7. The third-order valence-electron chi connectivity index (χ3n) is 5.00. The normalized spacial score (nSPS) is 14.1. The molecule has 0 radical (unpaired) electrons. The number of carbonyl (C=O) groups excluding carboxylic acids is 2. The Labute approximate surface area is 213 Å². The second-order valence-corrected chi connectivity index (χ2v) is 10.5. The minimum Gasteiger partial charge on any atom is -0.443 e. The predicted molar refractivity (Wildman–Crippen MR) is 138 cm³/mol. The summed E-state index contributed by atoms with van der Waals surface area (Å²) in [5.74, 6) is 0.105. The van der Waals surface area contributed by atoms with Crippen LogP contribution in [0, 0.1) is 0 Å². The standard InChI is InChI=1S/C28H36N2O6/c1-27(2,3)35-25(31)30(26(32)36-28(4,5)6)24-13-12-22(21-14-16-33-17-15-21)23(29-24)19-34-18-20-10-8-7-9-11-20/h7-14H,15-19H2,1-6H3. The van der Waals surface area contributed by atoms with Gasteiger partial charge in [0.25, 0.3) is 0 Å². The van der Waals surface area contributed by atoms with E-state index in [0.717, 1.165) is 28.0 Å². The van der Waals surface area contributed by atoms with Crippen molar-refractivity contribution in [3.8, 4) is 0 Å². The molecule has 36 heavy (non-hydrogen) atoms. The summed E-state index contributed by atoms with van der Waals surface area (Å²) in [6, 6.07) is 13.3. The van der Waals surface area contributed by atoms with Gasteiger partial charge in [0.05, 0.1) is 32.1 Å². The number of anilines is 1. The lowest BCUT2D eigenvalue weighted by atomic mass is 10.00. The molecule has 2 amide bonds. The number of carbonyl (C=O) groups is 2. The Hall–Kier alpha value is -3.23. The Kier molecular flexibility index (Phi) is 8.87. The quantitative estimate of drug-likeness (QED) is 0.465. The van der Waals surface area contributed by atoms with E-state index >= 15 is 0 Å². The van der Waals surface area contributed by atoms with E-state index in [1.807, 2.05) is 42.5 Å². The second kappa shape index (κ2) is 11.7. The van der Waals surface area contributed by atoms with E-state index in [1.165, 1.54) is 0 Å². The van der Waals surface area contributed by atoms with Gasteiger partial charge in [0, 0.05) is 5.56 Å². The summed E-state index contributed by atoms with van der Waals surface area (Å²) in [7, 11) is 0. The molecule has 3 rings (SSSR count). The third kappa shape index (κ3) is 8.17. The molecule has 2 aromatic rings. The highest BCUT2D eigenvalue weighted by Gasteiger charge is 2.34. The monoisotopic (exact) mass is 496 g/mol. The van der Waals surface area contributed by atoms with E-state index in [2.05, 4.69) is 0 Å². The molecular formula is C28H36N2O6. The fraction of sp³-hybridized carbons (Fsp3) is 0.464. The first-order valence-electron chi connectivity index (χ1n) is 12.1. The Morgan fingerprint density at radius 1 is 0.917 bits per heavy atom. The molecule has 0 bridgehead atoms. The van der Waals surface area contributed by atoms with E-state index in [9.17, 15) is 9.59 Å². The predicted octanol–water partition coefficient (Wildman–Crippen LogP) is 6.28. The first-order chi connectivity index (χ1) is 16.9. The Morgan fingerprint density at radius 2 is 1.56 bits per heavy atom. The van der Waals surface area contributed by atoms with E-state index in [-0.39, 0.29) is 12.4 Å². The Morgan fingerprint density at radius 3 is 2.11 bits per heavy atom. The summed E-state index contributed by atoms with van der Waals surface area (Å²) in [6.45, 7) is 12.1. The molecule has 0 saturated carbocycles. The van der Waals surface area contributed by atoms with Crippen molar-refractivity contribution in [1.82, 2.24) is 4.98 Å². The molecule has 0 fully saturated rings. The molecule has 0 aliphatic carbocycles. The van der Waals surface area contributed by atoms with Crippen LogP contribution in [0.1, 0.15) is 64.8 Å². The molecule has 0 N–H and O–H groups in total. The molecule has 2 heterocycles. The topological polar surface area (TPSA) is 87.2 Å². The van der Waals surface area contributed by atoms with Gasteiger partial charge in [-0.1, -0.05) is 36.4 Å². The van der Waals surface area contributed by atoms with Gasteiger partial charge in [-0.2, -0.15) is 4.90 Å². The van der Waals surface area contributed by atoms with Crippen LogP contribution in [-0.2, 0) is 32.2 Å². The van der Waals surface area contributed by atoms with Gasteiger partial charge >= 0.3 is 12.2 Å². The lowest BCUT2D eigenvalue weighted by Gasteiger charge is -2.28. The van der Waals surface area contributed by atoms with E-state index in [4.69, 9.17) is 23.9 Å². The molecule has 0 atom stereocenters. The molecule has 1 aliphatic heterocycles. The van der Waals surface area contributed by atoms with Crippen LogP contribution in [-0.4, -0.2) is 41.6 Å². The van der Waals surface area contributed by atoms with Crippen LogP contribution in [0.4, 0.5) is 15.4 Å². The number of pyridine rings is 1. The molecule has 1 aromatic carbocycles. The van der Waals surface area contributed by atoms with Crippen LogP contribution >= 0.6 is 0 Å². The van der Waals surface area contributed by atoms with Gasteiger partial charge in [0.2, 0.25) is 0 Å². The van der Waals surface area contributed by atoms with Crippen molar-refractivity contribution in [1.29, 1.82) is 0 Å². The molecular weight excluding hydrogens is 460 g/mol. The van der Waals surface area contributed by atoms with Gasteiger partial charge in [-0.05, 0) is 71.2 Å². The van der Waals surface area contributed by atoms with Crippen molar-refractivity contribution in [2.75, 3.05) is 18.1 Å². The minimum atomic E-state index is -0.863. The van der Waals surface area contributed by atoms with Crippen LogP contribution in [0.5, 0.6) is 0 Å². The molecule has 0 saturated heterocycles. The highest BCUT2D eigenvalue weighted by atomic mass is 16.6. The Bertz CT molecular complexity index is 1060. The Balaban J connectivity index is 1.96. The average molecular weight is 497 g/mol. The number of hydrogen-bond donors (Lipinski definition) is 0. The molecule has 1 aliphatic rings. The highest BCUT2D eigenvalue weighted by molar-refractivity contribution is 6.08. The zero-order valence-electron chi connectivity index (χ0n) is 22.0. The maximum Gasteiger partial charge on any atom is 0.425 e. The highest BCUT2D eigenvalue weighted by Crippen LogP contribution is 2.28. The summed E-state index contributed by atoms with van der Waals surface area (Å²) in [4.78, 5) is 31.7. The van der Waals surface area contributed by atoms with Crippen molar-refractivity contribution in [3.05, 3.63) is 65.4 Å². The zero-order chi connectivity index (χ0) is 26.3. The number of rotatable bonds is 6. The minimum absolute atomic E-state index is 0.105. The summed E-state index contributed by atoms with van der Waals surface area (Å²) < 4.78 is 22.4. The smallest absolute Gasteiger partial charge is 0.425 e. The fourth-order valence-corrected chi connectivity index (χ4v) is 3.50. The van der Waals surface area contributed by atoms with Gasteiger partial charge in [-0.15, -0.1) is 0 Å². The molecule has 194 valence electrons. The van der Waals surface area contributed by atoms with Crippen LogP contribution < -0.4 is 4.90 Å². The second-order valence-electron chi connectivity index (χ2n) is 10.5. The van der Waals surface area contributed by atoms with Crippen LogP contribution in [0.3, 0.4) is 0 Å². The molecule has 0 spiro atoms. The number of aromatic nitrogens is 1. The van der Waals surface area contributed by atoms with Crippen LogP contribution in [0.2, 0.25) is 0 Å². The summed E-state index contributed by atoms with van der Waals surface area (Å²) in [5.41, 5.74) is 1.99.